The standard InChI is InChI=1S/C15H11ClFNO2/c1-9(19)10-2-5-12(6-3-10)18-15(20)11-4-7-14(17)13(16)8-11/h2-8H,1H3,(H,18,20). The summed E-state index contributed by atoms with van der Waals surface area (Å²) in [6.45, 7) is 1.47. The molecule has 0 aromatic heterocycles. The number of ketones is 1. The summed E-state index contributed by atoms with van der Waals surface area (Å²) in [6, 6.07) is 10.2. The fraction of sp³-hybridized carbons (Fsp3) is 0.0667. The Kier molecular flexibility index (Phi) is 4.15. The molecule has 0 aliphatic heterocycles. The first-order valence-electron chi connectivity index (χ1n) is 5.85. The average molecular weight is 292 g/mol. The van der Waals surface area contributed by atoms with E-state index in [1.54, 1.807) is 24.3 Å². The second-order valence-corrected chi connectivity index (χ2v) is 4.62. The van der Waals surface area contributed by atoms with Crippen LogP contribution in [0.4, 0.5) is 10.1 Å². The lowest BCUT2D eigenvalue weighted by Gasteiger charge is -2.06. The molecule has 1 N–H and O–H groups in total. The molecular weight excluding hydrogens is 281 g/mol. The first kappa shape index (κ1) is 14.2. The molecule has 0 aliphatic carbocycles. The van der Waals surface area contributed by atoms with Gasteiger partial charge in [0.15, 0.2) is 5.78 Å². The zero-order valence-electron chi connectivity index (χ0n) is 10.6. The Balaban J connectivity index is 2.14. The molecule has 0 saturated carbocycles. The van der Waals surface area contributed by atoms with Crippen LogP contribution in [0.1, 0.15) is 27.6 Å². The van der Waals surface area contributed by atoms with Crippen LogP contribution < -0.4 is 5.32 Å². The van der Waals surface area contributed by atoms with Gasteiger partial charge in [0.1, 0.15) is 5.82 Å². The number of halogens is 2. The molecular formula is C15H11ClFNO2. The van der Waals surface area contributed by atoms with Gasteiger partial charge in [0.2, 0.25) is 0 Å². The SMILES string of the molecule is CC(=O)c1ccc(NC(=O)c2ccc(F)c(Cl)c2)cc1. The van der Waals surface area contributed by atoms with Crippen molar-refractivity contribution in [3.05, 3.63) is 64.4 Å². The van der Waals surface area contributed by atoms with Crippen LogP contribution in [-0.4, -0.2) is 11.7 Å². The maximum Gasteiger partial charge on any atom is 0.255 e. The number of benzene rings is 2. The van der Waals surface area contributed by atoms with E-state index in [0.29, 0.717) is 11.3 Å². The van der Waals surface area contributed by atoms with Crippen molar-refractivity contribution in [2.24, 2.45) is 0 Å². The van der Waals surface area contributed by atoms with Gasteiger partial charge in [-0.25, -0.2) is 4.39 Å². The minimum Gasteiger partial charge on any atom is -0.322 e. The molecule has 0 atom stereocenters. The van der Waals surface area contributed by atoms with Crippen LogP contribution in [0, 0.1) is 5.82 Å². The number of Topliss-reactive ketones (excluding diaryl/α,β-unsaturated/α-hetero) is 1. The fourth-order valence-corrected chi connectivity index (χ4v) is 1.81. The lowest BCUT2D eigenvalue weighted by atomic mass is 10.1. The molecule has 0 unspecified atom stereocenters. The number of nitrogens with one attached hydrogen (secondary N) is 1. The lowest BCUT2D eigenvalue weighted by molar-refractivity contribution is 0.101. The monoisotopic (exact) mass is 291 g/mol. The maximum absolute atomic E-state index is 13.0. The molecule has 102 valence electrons. The minimum absolute atomic E-state index is 0.0480. The molecule has 20 heavy (non-hydrogen) atoms. The second-order valence-electron chi connectivity index (χ2n) is 4.22. The number of carbonyl (C=O) groups is 2. The van der Waals surface area contributed by atoms with E-state index in [1.165, 1.54) is 19.1 Å². The van der Waals surface area contributed by atoms with E-state index >= 15 is 0 Å². The van der Waals surface area contributed by atoms with E-state index in [0.717, 1.165) is 6.07 Å². The molecule has 1 amide bonds. The van der Waals surface area contributed by atoms with Gasteiger partial charge in [0, 0.05) is 16.8 Å². The van der Waals surface area contributed by atoms with Gasteiger partial charge in [-0.1, -0.05) is 11.6 Å². The highest BCUT2D eigenvalue weighted by Crippen LogP contribution is 2.17. The first-order chi connectivity index (χ1) is 9.47. The van der Waals surface area contributed by atoms with E-state index in [4.69, 9.17) is 11.6 Å². The van der Waals surface area contributed by atoms with Gasteiger partial charge in [-0.3, -0.25) is 9.59 Å². The zero-order chi connectivity index (χ0) is 14.7. The minimum atomic E-state index is -0.575. The number of carbonyl (C=O) groups excluding carboxylic acids is 2. The Hall–Kier alpha value is -2.20. The Morgan fingerprint density at radius 2 is 1.65 bits per heavy atom. The Labute approximate surface area is 120 Å². The third kappa shape index (κ3) is 3.22. The van der Waals surface area contributed by atoms with Crippen molar-refractivity contribution in [2.45, 2.75) is 6.92 Å². The normalized spacial score (nSPS) is 10.2. The van der Waals surface area contributed by atoms with Gasteiger partial charge in [-0.05, 0) is 49.4 Å². The summed E-state index contributed by atoms with van der Waals surface area (Å²) in [5, 5.41) is 2.53. The summed E-state index contributed by atoms with van der Waals surface area (Å²) in [5.41, 5.74) is 1.36. The van der Waals surface area contributed by atoms with E-state index < -0.39 is 11.7 Å². The van der Waals surface area contributed by atoms with Crippen molar-refractivity contribution in [3.63, 3.8) is 0 Å². The van der Waals surface area contributed by atoms with E-state index in [9.17, 15) is 14.0 Å². The van der Waals surface area contributed by atoms with Crippen LogP contribution >= 0.6 is 11.6 Å². The number of hydrogen-bond acceptors (Lipinski definition) is 2. The third-order valence-corrected chi connectivity index (χ3v) is 3.02. The molecule has 0 spiro atoms. The molecule has 5 heteroatoms. The van der Waals surface area contributed by atoms with Gasteiger partial charge in [-0.15, -0.1) is 0 Å². The molecule has 0 bridgehead atoms. The van der Waals surface area contributed by atoms with Crippen LogP contribution in [0.2, 0.25) is 5.02 Å². The molecule has 2 aromatic carbocycles. The summed E-state index contributed by atoms with van der Waals surface area (Å²) in [5.74, 6) is -1.02. The third-order valence-electron chi connectivity index (χ3n) is 2.73. The van der Waals surface area contributed by atoms with Gasteiger partial charge in [0.05, 0.1) is 5.02 Å². The van der Waals surface area contributed by atoms with E-state index in [2.05, 4.69) is 5.32 Å². The van der Waals surface area contributed by atoms with Crippen LogP contribution in [-0.2, 0) is 0 Å². The first-order valence-corrected chi connectivity index (χ1v) is 6.22. The number of amides is 1. The van der Waals surface area contributed by atoms with Crippen LogP contribution in [0.3, 0.4) is 0 Å². The molecule has 2 aromatic rings. The Morgan fingerprint density at radius 3 is 2.20 bits per heavy atom. The highest BCUT2D eigenvalue weighted by Gasteiger charge is 2.09. The van der Waals surface area contributed by atoms with Crippen molar-refractivity contribution < 1.29 is 14.0 Å². The predicted octanol–water partition coefficient (Wildman–Crippen LogP) is 3.93. The maximum atomic E-state index is 13.0. The highest BCUT2D eigenvalue weighted by molar-refractivity contribution is 6.31. The number of hydrogen-bond donors (Lipinski definition) is 1. The van der Waals surface area contributed by atoms with Crippen LogP contribution in [0.15, 0.2) is 42.5 Å². The quantitative estimate of drug-likeness (QED) is 0.871. The molecule has 3 nitrogen and oxygen atoms in total. The van der Waals surface area contributed by atoms with Crippen molar-refractivity contribution in [2.75, 3.05) is 5.32 Å². The van der Waals surface area contributed by atoms with Gasteiger partial charge in [0.25, 0.3) is 5.91 Å². The Bertz CT molecular complexity index is 668. The molecule has 0 radical (unpaired) electrons. The summed E-state index contributed by atoms with van der Waals surface area (Å²) in [7, 11) is 0. The summed E-state index contributed by atoms with van der Waals surface area (Å²) >= 11 is 5.62. The molecule has 2 rings (SSSR count). The van der Waals surface area contributed by atoms with Gasteiger partial charge in [-0.2, -0.15) is 0 Å². The number of rotatable bonds is 3. The summed E-state index contributed by atoms with van der Waals surface area (Å²) < 4.78 is 13.0. The zero-order valence-corrected chi connectivity index (χ0v) is 11.4. The highest BCUT2D eigenvalue weighted by atomic mass is 35.5. The van der Waals surface area contributed by atoms with E-state index in [1.807, 2.05) is 0 Å². The lowest BCUT2D eigenvalue weighted by Crippen LogP contribution is -2.12. The van der Waals surface area contributed by atoms with Crippen molar-refractivity contribution in [1.82, 2.24) is 0 Å². The molecule has 0 aliphatic rings. The van der Waals surface area contributed by atoms with Crippen molar-refractivity contribution in [3.8, 4) is 0 Å². The summed E-state index contributed by atoms with van der Waals surface area (Å²) in [6.07, 6.45) is 0. The molecule has 0 saturated heterocycles. The van der Waals surface area contributed by atoms with Crippen LogP contribution in [0.25, 0.3) is 0 Å². The van der Waals surface area contributed by atoms with Crippen LogP contribution in [0.5, 0.6) is 0 Å². The summed E-state index contributed by atoms with van der Waals surface area (Å²) in [4.78, 5) is 23.1. The fourth-order valence-electron chi connectivity index (χ4n) is 1.63. The molecule has 0 fully saturated rings. The topological polar surface area (TPSA) is 46.2 Å². The largest absolute Gasteiger partial charge is 0.322 e. The van der Waals surface area contributed by atoms with Gasteiger partial charge >= 0.3 is 0 Å². The second kappa shape index (κ2) is 5.84. The smallest absolute Gasteiger partial charge is 0.255 e. The predicted molar refractivity (Wildman–Crippen MR) is 75.8 cm³/mol. The Morgan fingerprint density at radius 1 is 1.05 bits per heavy atom. The van der Waals surface area contributed by atoms with E-state index in [-0.39, 0.29) is 16.4 Å². The van der Waals surface area contributed by atoms with Crippen molar-refractivity contribution >= 4 is 29.0 Å². The molecule has 0 heterocycles. The number of anilines is 1. The van der Waals surface area contributed by atoms with Gasteiger partial charge < -0.3 is 5.32 Å². The van der Waals surface area contributed by atoms with Crippen molar-refractivity contribution in [1.29, 1.82) is 0 Å². The average Bonchev–Trinajstić information content (AvgIpc) is 2.42.